The van der Waals surface area contributed by atoms with E-state index in [4.69, 9.17) is 24.7 Å². The van der Waals surface area contributed by atoms with Crippen molar-refractivity contribution in [3.8, 4) is 0 Å². The van der Waals surface area contributed by atoms with Crippen molar-refractivity contribution in [2.75, 3.05) is 0 Å². The molecule has 133 valence electrons. The van der Waals surface area contributed by atoms with Crippen LogP contribution in [0.1, 0.15) is 71.1 Å². The fourth-order valence-electron chi connectivity index (χ4n) is 2.14. The Labute approximate surface area is 161 Å². The standard InChI is InChI=1S/C12H25O6Si6/c1-2-3-4-5-6-7-8-9-10-11-12-24-17-22-15-20-13-19-14-21-16-23-18-24/h2-12H2,1H3. The van der Waals surface area contributed by atoms with E-state index in [1.165, 1.54) is 57.8 Å². The molecule has 1 fully saturated rings. The summed E-state index contributed by atoms with van der Waals surface area (Å²) in [5.74, 6) is 0. The molecular weight excluding hydrogens is 409 g/mol. The molecular formula is C12H25O6Si6. The van der Waals surface area contributed by atoms with Crippen molar-refractivity contribution in [1.29, 1.82) is 0 Å². The van der Waals surface area contributed by atoms with Gasteiger partial charge in [-0.1, -0.05) is 71.1 Å². The molecule has 0 aromatic rings. The second-order valence-electron chi connectivity index (χ2n) is 5.33. The van der Waals surface area contributed by atoms with Gasteiger partial charge in [-0.3, -0.25) is 0 Å². The molecule has 12 heteroatoms. The fraction of sp³-hybridized carbons (Fsp3) is 1.00. The van der Waals surface area contributed by atoms with Crippen LogP contribution in [-0.2, 0) is 24.7 Å². The molecule has 0 aromatic heterocycles. The van der Waals surface area contributed by atoms with Crippen LogP contribution in [-0.4, -0.2) is 59.3 Å². The predicted molar refractivity (Wildman–Crippen MR) is 97.7 cm³/mol. The first kappa shape index (κ1) is 23.1. The molecule has 1 heterocycles. The van der Waals surface area contributed by atoms with E-state index in [0.29, 0.717) is 0 Å². The molecule has 1 rings (SSSR count). The zero-order valence-corrected chi connectivity index (χ0v) is 20.2. The minimum absolute atomic E-state index is 0.0230. The van der Waals surface area contributed by atoms with Crippen molar-refractivity contribution in [2.24, 2.45) is 0 Å². The normalized spacial score (nSPS) is 18.9. The van der Waals surface area contributed by atoms with E-state index in [1.807, 2.05) is 0 Å². The van der Waals surface area contributed by atoms with Gasteiger partial charge >= 0.3 is 59.3 Å². The minimum Gasteiger partial charge on any atom is -0.413 e. The molecule has 6 nitrogen and oxygen atoms in total. The maximum absolute atomic E-state index is 5.70. The Hall–Kier alpha value is 1.06. The molecule has 0 aliphatic carbocycles. The van der Waals surface area contributed by atoms with Gasteiger partial charge < -0.3 is 24.7 Å². The number of rotatable bonds is 11. The molecule has 0 aromatic carbocycles. The zero-order chi connectivity index (χ0) is 17.1. The van der Waals surface area contributed by atoms with Crippen LogP contribution in [0.5, 0.6) is 0 Å². The quantitative estimate of drug-likeness (QED) is 0.368. The van der Waals surface area contributed by atoms with Crippen LogP contribution in [0, 0.1) is 0 Å². The first-order valence-corrected chi connectivity index (χ1v) is 14.1. The van der Waals surface area contributed by atoms with E-state index in [1.54, 1.807) is 0 Å². The lowest BCUT2D eigenvalue weighted by Gasteiger charge is -2.14. The molecule has 0 atom stereocenters. The maximum Gasteiger partial charge on any atom is 0.412 e. The summed E-state index contributed by atoms with van der Waals surface area (Å²) in [5.41, 5.74) is 0. The highest BCUT2D eigenvalue weighted by molar-refractivity contribution is 6.59. The summed E-state index contributed by atoms with van der Waals surface area (Å²) in [6.07, 6.45) is 13.4. The van der Waals surface area contributed by atoms with E-state index in [-0.39, 0.29) is 50.0 Å². The lowest BCUT2D eigenvalue weighted by molar-refractivity contribution is 0.333. The minimum atomic E-state index is -1.31. The van der Waals surface area contributed by atoms with Gasteiger partial charge in [0.05, 0.1) is 0 Å². The largest absolute Gasteiger partial charge is 0.413 e. The van der Waals surface area contributed by atoms with Crippen LogP contribution in [0.3, 0.4) is 0 Å². The second-order valence-corrected chi connectivity index (χ2v) is 12.3. The van der Waals surface area contributed by atoms with E-state index < -0.39 is 9.28 Å². The molecule has 1 aliphatic heterocycles. The number of hydrogen-bond donors (Lipinski definition) is 0. The highest BCUT2D eigenvalue weighted by Gasteiger charge is 2.18. The molecule has 0 amide bonds. The van der Waals surface area contributed by atoms with Gasteiger partial charge in [0.25, 0.3) is 0 Å². The van der Waals surface area contributed by atoms with Crippen LogP contribution in [0.15, 0.2) is 0 Å². The van der Waals surface area contributed by atoms with Crippen molar-refractivity contribution in [3.63, 3.8) is 0 Å². The van der Waals surface area contributed by atoms with Gasteiger partial charge in [0, 0.05) is 0 Å². The van der Waals surface area contributed by atoms with Gasteiger partial charge in [0.15, 0.2) is 0 Å². The van der Waals surface area contributed by atoms with Crippen LogP contribution >= 0.6 is 0 Å². The van der Waals surface area contributed by atoms with Crippen molar-refractivity contribution in [3.05, 3.63) is 0 Å². The lowest BCUT2D eigenvalue weighted by atomic mass is 10.1. The third kappa shape index (κ3) is 15.3. The van der Waals surface area contributed by atoms with Gasteiger partial charge in [-0.15, -0.1) is 0 Å². The zero-order valence-electron chi connectivity index (χ0n) is 14.2. The van der Waals surface area contributed by atoms with E-state index in [0.717, 1.165) is 12.5 Å². The highest BCUT2D eigenvalue weighted by atomic mass is 28.4. The topological polar surface area (TPSA) is 55.4 Å². The van der Waals surface area contributed by atoms with E-state index in [2.05, 4.69) is 6.92 Å². The van der Waals surface area contributed by atoms with Gasteiger partial charge in [0.1, 0.15) is 0 Å². The van der Waals surface area contributed by atoms with Crippen molar-refractivity contribution in [1.82, 2.24) is 0 Å². The summed E-state index contributed by atoms with van der Waals surface area (Å²) in [7, 11) is -1.49. The summed E-state index contributed by atoms with van der Waals surface area (Å²) in [6.45, 7) is 2.26. The Balaban J connectivity index is 1.96. The second kappa shape index (κ2) is 18.8. The third-order valence-electron chi connectivity index (χ3n) is 3.38. The van der Waals surface area contributed by atoms with Crippen LogP contribution in [0.2, 0.25) is 6.04 Å². The number of hydrogen-bond acceptors (Lipinski definition) is 6. The SMILES string of the molecule is CCCCCCCCCCCC[Si]1O[Si]O[Si]O[Si]O[Si]O[Si]O1. The molecule has 1 aliphatic rings. The average molecular weight is 434 g/mol. The van der Waals surface area contributed by atoms with Gasteiger partial charge in [0.2, 0.25) is 0 Å². The molecule has 24 heavy (non-hydrogen) atoms. The van der Waals surface area contributed by atoms with Crippen LogP contribution < -0.4 is 0 Å². The molecule has 1 saturated heterocycles. The summed E-state index contributed by atoms with van der Waals surface area (Å²) in [5, 5.41) is 0. The Morgan fingerprint density at radius 3 is 1.46 bits per heavy atom. The molecule has 0 spiro atoms. The van der Waals surface area contributed by atoms with Gasteiger partial charge in [-0.2, -0.15) is 0 Å². The summed E-state index contributed by atoms with van der Waals surface area (Å²) >= 11 is 0. The number of unbranched alkanes of at least 4 members (excludes halogenated alkanes) is 9. The maximum atomic E-state index is 5.70. The Kier molecular flexibility index (Phi) is 18.1. The van der Waals surface area contributed by atoms with Gasteiger partial charge in [-0.25, -0.2) is 0 Å². The summed E-state index contributed by atoms with van der Waals surface area (Å²) in [6, 6.07) is 0.976. The summed E-state index contributed by atoms with van der Waals surface area (Å²) < 4.78 is 32.3. The lowest BCUT2D eigenvalue weighted by Crippen LogP contribution is -2.31. The highest BCUT2D eigenvalue weighted by Crippen LogP contribution is 2.12. The van der Waals surface area contributed by atoms with Crippen LogP contribution in [0.4, 0.5) is 0 Å². The first-order chi connectivity index (χ1) is 11.9. The monoisotopic (exact) mass is 433 g/mol. The Bertz CT molecular complexity index is 256. The van der Waals surface area contributed by atoms with E-state index in [9.17, 15) is 0 Å². The Morgan fingerprint density at radius 1 is 0.542 bits per heavy atom. The first-order valence-electron chi connectivity index (χ1n) is 8.51. The fourth-order valence-corrected chi connectivity index (χ4v) is 8.04. The molecule has 0 N–H and O–H groups in total. The van der Waals surface area contributed by atoms with E-state index >= 15 is 0 Å². The average Bonchev–Trinajstić information content (AvgIpc) is 2.58. The summed E-state index contributed by atoms with van der Waals surface area (Å²) in [4.78, 5) is 0. The van der Waals surface area contributed by atoms with Crippen LogP contribution in [0.25, 0.3) is 0 Å². The molecule has 0 bridgehead atoms. The van der Waals surface area contributed by atoms with Crippen molar-refractivity contribution in [2.45, 2.75) is 77.2 Å². The van der Waals surface area contributed by atoms with Crippen molar-refractivity contribution >= 4 is 59.3 Å². The molecule has 0 saturated carbocycles. The predicted octanol–water partition coefficient (Wildman–Crippen LogP) is 2.18. The molecule has 0 unspecified atom stereocenters. The Morgan fingerprint density at radius 2 is 0.958 bits per heavy atom. The third-order valence-corrected chi connectivity index (χ3v) is 9.30. The van der Waals surface area contributed by atoms with Gasteiger partial charge in [-0.05, 0) is 6.04 Å². The molecule has 11 radical (unpaired) electrons. The van der Waals surface area contributed by atoms with Crippen molar-refractivity contribution < 1.29 is 24.7 Å². The smallest absolute Gasteiger partial charge is 0.412 e.